The second-order valence-corrected chi connectivity index (χ2v) is 10.1. The van der Waals surface area contributed by atoms with Crippen molar-refractivity contribution in [2.24, 2.45) is 7.05 Å². The zero-order valence-electron chi connectivity index (χ0n) is 22.8. The molecule has 0 aliphatic carbocycles. The maximum absolute atomic E-state index is 10.7. The highest BCUT2D eigenvalue weighted by molar-refractivity contribution is 5.93. The lowest BCUT2D eigenvalue weighted by Gasteiger charge is -2.40. The van der Waals surface area contributed by atoms with Gasteiger partial charge in [-0.05, 0) is 74.0 Å². The number of fused-ring (bicyclic) bond motifs is 2. The van der Waals surface area contributed by atoms with Crippen molar-refractivity contribution in [2.75, 3.05) is 29.9 Å². The summed E-state index contributed by atoms with van der Waals surface area (Å²) in [6.07, 6.45) is 7.64. The number of hydrogen-bond acceptors (Lipinski definition) is 8. The van der Waals surface area contributed by atoms with E-state index in [4.69, 9.17) is 4.74 Å². The van der Waals surface area contributed by atoms with Crippen LogP contribution < -0.4 is 15.0 Å². The van der Waals surface area contributed by atoms with Crippen molar-refractivity contribution < 1.29 is 9.53 Å². The molecule has 1 N–H and O–H groups in total. The van der Waals surface area contributed by atoms with E-state index in [2.05, 4.69) is 55.2 Å². The predicted molar refractivity (Wildman–Crippen MR) is 158 cm³/mol. The number of ether oxygens (including phenoxy) is 1. The van der Waals surface area contributed by atoms with Gasteiger partial charge in [0.15, 0.2) is 0 Å². The Morgan fingerprint density at radius 3 is 2.73 bits per heavy atom. The van der Waals surface area contributed by atoms with Gasteiger partial charge >= 0.3 is 0 Å². The van der Waals surface area contributed by atoms with Crippen LogP contribution in [0.1, 0.15) is 12.5 Å². The van der Waals surface area contributed by atoms with E-state index >= 15 is 0 Å². The van der Waals surface area contributed by atoms with Crippen LogP contribution in [-0.4, -0.2) is 56.4 Å². The number of allylic oxidation sites excluding steroid dienone is 1. The van der Waals surface area contributed by atoms with Crippen LogP contribution in [0.2, 0.25) is 0 Å². The highest BCUT2D eigenvalue weighted by atomic mass is 16.5. The lowest BCUT2D eigenvalue weighted by Crippen LogP contribution is -2.49. The summed E-state index contributed by atoms with van der Waals surface area (Å²) >= 11 is 0. The van der Waals surface area contributed by atoms with Crippen LogP contribution in [-0.2, 0) is 11.8 Å². The summed E-state index contributed by atoms with van der Waals surface area (Å²) in [4.78, 5) is 28.8. The molecule has 3 aromatic carbocycles. The molecule has 5 aromatic rings. The molecule has 0 spiro atoms. The molecule has 0 saturated carbocycles. The molecule has 0 unspecified atom stereocenters. The van der Waals surface area contributed by atoms with E-state index in [0.717, 1.165) is 82.1 Å². The number of nitrogens with one attached hydrogen (secondary N) is 1. The van der Waals surface area contributed by atoms with Crippen molar-refractivity contribution in [3.8, 4) is 11.5 Å². The van der Waals surface area contributed by atoms with Crippen LogP contribution in [0.15, 0.2) is 79.5 Å². The number of aldehydes is 1. The Balaban J connectivity index is 1.21. The van der Waals surface area contributed by atoms with E-state index in [9.17, 15) is 4.79 Å². The molecule has 9 nitrogen and oxygen atoms in total. The second-order valence-electron chi connectivity index (χ2n) is 10.1. The van der Waals surface area contributed by atoms with E-state index in [1.165, 1.54) is 0 Å². The number of aryl methyl sites for hydroxylation is 2. The Hall–Kier alpha value is -4.92. The number of imidazole rings is 1. The normalized spacial score (nSPS) is 15.7. The van der Waals surface area contributed by atoms with E-state index < -0.39 is 0 Å². The smallest absolute Gasteiger partial charge is 0.144 e. The molecule has 1 aliphatic heterocycles. The van der Waals surface area contributed by atoms with Crippen LogP contribution in [0.4, 0.5) is 17.2 Å². The van der Waals surface area contributed by atoms with Gasteiger partial charge in [0.05, 0.1) is 22.9 Å². The number of carbonyl (C=O) groups excluding carboxylic acids is 1. The molecule has 1 fully saturated rings. The van der Waals surface area contributed by atoms with Crippen LogP contribution >= 0.6 is 0 Å². The quantitative estimate of drug-likeness (QED) is 0.214. The Kier molecular flexibility index (Phi) is 6.77. The first kappa shape index (κ1) is 25.4. The van der Waals surface area contributed by atoms with Crippen LogP contribution in [0, 0.1) is 6.92 Å². The maximum atomic E-state index is 10.7. The lowest BCUT2D eigenvalue weighted by molar-refractivity contribution is -0.104. The van der Waals surface area contributed by atoms with Crippen molar-refractivity contribution in [1.29, 1.82) is 0 Å². The topological polar surface area (TPSA) is 88.4 Å². The minimum absolute atomic E-state index is 0.292. The van der Waals surface area contributed by atoms with Crippen LogP contribution in [0.3, 0.4) is 0 Å². The largest absolute Gasteiger partial charge is 0.457 e. The highest BCUT2D eigenvalue weighted by Crippen LogP contribution is 2.32. The average molecular weight is 534 g/mol. The fourth-order valence-electron chi connectivity index (χ4n) is 5.20. The Bertz CT molecular complexity index is 1730. The molecular weight excluding hydrogens is 502 g/mol. The summed E-state index contributed by atoms with van der Waals surface area (Å²) < 4.78 is 8.18. The second kappa shape index (κ2) is 10.7. The number of anilines is 3. The molecule has 0 radical (unpaired) electrons. The fourth-order valence-corrected chi connectivity index (χ4v) is 5.20. The SMILES string of the molecule is Cc1cc(Nc2ncnc3ccc(N4CCN(C=CC=O)[C@H](C)C4)cc23)ccc1Oc1ccc2c(c1)ncn2C. The molecule has 6 rings (SSSR count). The minimum Gasteiger partial charge on any atom is -0.457 e. The van der Waals surface area contributed by atoms with Gasteiger partial charge in [0, 0.05) is 61.8 Å². The molecule has 3 heterocycles. The Labute approximate surface area is 232 Å². The number of rotatable bonds is 7. The first-order chi connectivity index (χ1) is 19.5. The molecule has 0 bridgehead atoms. The van der Waals surface area contributed by atoms with E-state index in [0.29, 0.717) is 6.04 Å². The van der Waals surface area contributed by atoms with Crippen molar-refractivity contribution in [2.45, 2.75) is 19.9 Å². The highest BCUT2D eigenvalue weighted by Gasteiger charge is 2.22. The zero-order chi connectivity index (χ0) is 27.6. The summed E-state index contributed by atoms with van der Waals surface area (Å²) in [5, 5.41) is 4.44. The average Bonchev–Trinajstić information content (AvgIpc) is 3.33. The van der Waals surface area contributed by atoms with Crippen molar-refractivity contribution in [3.63, 3.8) is 0 Å². The Morgan fingerprint density at radius 2 is 1.90 bits per heavy atom. The summed E-state index contributed by atoms with van der Waals surface area (Å²) in [5.41, 5.74) is 5.88. The molecule has 9 heteroatoms. The van der Waals surface area contributed by atoms with E-state index in [-0.39, 0.29) is 0 Å². The molecule has 40 heavy (non-hydrogen) atoms. The third kappa shape index (κ3) is 5.05. The van der Waals surface area contributed by atoms with Crippen molar-refractivity contribution in [3.05, 3.63) is 85.1 Å². The summed E-state index contributed by atoms with van der Waals surface area (Å²) in [6, 6.07) is 18.5. The van der Waals surface area contributed by atoms with Gasteiger partial charge in [-0.2, -0.15) is 0 Å². The zero-order valence-corrected chi connectivity index (χ0v) is 22.8. The lowest BCUT2D eigenvalue weighted by atomic mass is 10.1. The van der Waals surface area contributed by atoms with Crippen molar-refractivity contribution in [1.82, 2.24) is 24.4 Å². The predicted octanol–water partition coefficient (Wildman–Crippen LogP) is 5.58. The van der Waals surface area contributed by atoms with Gasteiger partial charge in [-0.25, -0.2) is 15.0 Å². The first-order valence-corrected chi connectivity index (χ1v) is 13.3. The molecule has 1 aliphatic rings. The molecule has 2 aromatic heterocycles. The van der Waals surface area contributed by atoms with Gasteiger partial charge in [-0.15, -0.1) is 0 Å². The minimum atomic E-state index is 0.292. The van der Waals surface area contributed by atoms with Gasteiger partial charge in [0.25, 0.3) is 0 Å². The molecule has 1 saturated heterocycles. The third-order valence-electron chi connectivity index (χ3n) is 7.38. The first-order valence-electron chi connectivity index (χ1n) is 13.3. The standard InChI is InChI=1S/C31H31N7O2/c1-21-15-23(5-10-30(21)40-25-7-9-29-28(17-25)34-20-36(29)3)35-31-26-16-24(6-8-27(26)32-19-33-31)38-13-12-37(11-4-14-39)22(2)18-38/h4-11,14-17,19-20,22H,12-13,18H2,1-3H3,(H,32,33,35)/t22-/m1/s1. The number of benzene rings is 3. The number of hydrogen-bond donors (Lipinski definition) is 1. The summed E-state index contributed by atoms with van der Waals surface area (Å²) in [6.45, 7) is 6.78. The monoisotopic (exact) mass is 533 g/mol. The summed E-state index contributed by atoms with van der Waals surface area (Å²) in [5.74, 6) is 2.28. The molecule has 1 atom stereocenters. The molecular formula is C31H31N7O2. The van der Waals surface area contributed by atoms with Crippen LogP contribution in [0.5, 0.6) is 11.5 Å². The number of aromatic nitrogens is 4. The maximum Gasteiger partial charge on any atom is 0.144 e. The van der Waals surface area contributed by atoms with Gasteiger partial charge in [-0.3, -0.25) is 4.79 Å². The number of carbonyl (C=O) groups is 1. The number of piperazine rings is 1. The molecule has 202 valence electrons. The van der Waals surface area contributed by atoms with Gasteiger partial charge < -0.3 is 24.4 Å². The molecule has 0 amide bonds. The summed E-state index contributed by atoms with van der Waals surface area (Å²) in [7, 11) is 1.98. The van der Waals surface area contributed by atoms with E-state index in [1.54, 1.807) is 18.7 Å². The van der Waals surface area contributed by atoms with Gasteiger partial charge in [0.1, 0.15) is 29.9 Å². The van der Waals surface area contributed by atoms with Gasteiger partial charge in [-0.1, -0.05) is 0 Å². The third-order valence-corrected chi connectivity index (χ3v) is 7.38. The Morgan fingerprint density at radius 1 is 1.00 bits per heavy atom. The van der Waals surface area contributed by atoms with Crippen LogP contribution in [0.25, 0.3) is 21.9 Å². The van der Waals surface area contributed by atoms with E-state index in [1.807, 2.05) is 61.1 Å². The number of nitrogens with zero attached hydrogens (tertiary/aromatic N) is 6. The van der Waals surface area contributed by atoms with Gasteiger partial charge in [0.2, 0.25) is 0 Å². The fraction of sp³-hybridized carbons (Fsp3) is 0.226. The van der Waals surface area contributed by atoms with Crippen molar-refractivity contribution >= 4 is 45.4 Å².